The van der Waals surface area contributed by atoms with Crippen LogP contribution in [0.1, 0.15) is 13.8 Å². The van der Waals surface area contributed by atoms with E-state index in [-0.39, 0.29) is 23.0 Å². The summed E-state index contributed by atoms with van der Waals surface area (Å²) in [5.41, 5.74) is 5.52. The molecule has 0 amide bonds. The Balaban J connectivity index is 2.76. The molecule has 10 heavy (non-hydrogen) atoms. The van der Waals surface area contributed by atoms with Crippen LogP contribution in [0.5, 0.6) is 0 Å². The van der Waals surface area contributed by atoms with Crippen LogP contribution in [0.2, 0.25) is 0 Å². The third-order valence-electron chi connectivity index (χ3n) is 1.92. The molecule has 60 valence electrons. The van der Waals surface area contributed by atoms with E-state index in [1.165, 1.54) is 0 Å². The topological polar surface area (TPSA) is 60.2 Å². The monoisotopic (exact) mass is 163 g/mol. The van der Waals surface area contributed by atoms with E-state index < -0.39 is 9.84 Å². The van der Waals surface area contributed by atoms with Gasteiger partial charge >= 0.3 is 0 Å². The van der Waals surface area contributed by atoms with Crippen molar-refractivity contribution in [3.05, 3.63) is 0 Å². The normalized spacial score (nSPS) is 37.6. The molecule has 1 heterocycles. The highest BCUT2D eigenvalue weighted by atomic mass is 32.2. The third-order valence-corrected chi connectivity index (χ3v) is 4.49. The lowest BCUT2D eigenvalue weighted by atomic mass is 10.0. The number of hydrogen-bond acceptors (Lipinski definition) is 3. The lowest BCUT2D eigenvalue weighted by Gasteiger charge is -2.35. The van der Waals surface area contributed by atoms with E-state index in [4.69, 9.17) is 5.73 Å². The average molecular weight is 163 g/mol. The number of nitrogens with two attached hydrogens (primary N) is 1. The summed E-state index contributed by atoms with van der Waals surface area (Å²) in [6, 6.07) is -0.120. The second-order valence-corrected chi connectivity index (χ2v) is 5.41. The van der Waals surface area contributed by atoms with Crippen LogP contribution in [0.15, 0.2) is 0 Å². The van der Waals surface area contributed by atoms with Gasteiger partial charge in [-0.3, -0.25) is 0 Å². The Bertz CT molecular complexity index is 215. The van der Waals surface area contributed by atoms with E-state index in [0.717, 1.165) is 0 Å². The van der Waals surface area contributed by atoms with E-state index in [1.54, 1.807) is 0 Å². The first kappa shape index (κ1) is 8.01. The van der Waals surface area contributed by atoms with Crippen molar-refractivity contribution in [1.29, 1.82) is 0 Å². The largest absolute Gasteiger partial charge is 0.326 e. The van der Waals surface area contributed by atoms with Crippen molar-refractivity contribution in [3.8, 4) is 0 Å². The second-order valence-electron chi connectivity index (χ2n) is 3.20. The maximum Gasteiger partial charge on any atom is 0.156 e. The van der Waals surface area contributed by atoms with Crippen LogP contribution in [-0.4, -0.2) is 25.5 Å². The van der Waals surface area contributed by atoms with Crippen LogP contribution in [0, 0.1) is 5.92 Å². The molecule has 1 saturated heterocycles. The van der Waals surface area contributed by atoms with E-state index in [2.05, 4.69) is 0 Å². The summed E-state index contributed by atoms with van der Waals surface area (Å²) < 4.78 is 22.0. The van der Waals surface area contributed by atoms with Gasteiger partial charge in [0.25, 0.3) is 0 Å². The molecule has 0 saturated carbocycles. The van der Waals surface area contributed by atoms with Gasteiger partial charge in [0.05, 0.1) is 11.0 Å². The summed E-state index contributed by atoms with van der Waals surface area (Å²) in [5.74, 6) is 0.337. The SMILES string of the molecule is CC(C)C1C(N)CS1(=O)=O. The molecule has 0 aliphatic carbocycles. The summed E-state index contributed by atoms with van der Waals surface area (Å²) in [6.45, 7) is 3.78. The summed E-state index contributed by atoms with van der Waals surface area (Å²) in [7, 11) is -2.80. The predicted molar refractivity (Wildman–Crippen MR) is 40.4 cm³/mol. The Morgan fingerprint density at radius 1 is 1.50 bits per heavy atom. The Morgan fingerprint density at radius 2 is 2.00 bits per heavy atom. The van der Waals surface area contributed by atoms with Crippen molar-refractivity contribution >= 4 is 9.84 Å². The Hall–Kier alpha value is -0.0900. The zero-order chi connectivity index (χ0) is 7.94. The number of hydrogen-bond donors (Lipinski definition) is 1. The molecule has 2 atom stereocenters. The molecule has 0 aromatic heterocycles. The highest BCUT2D eigenvalue weighted by molar-refractivity contribution is 7.93. The van der Waals surface area contributed by atoms with Crippen molar-refractivity contribution in [2.75, 3.05) is 5.75 Å². The van der Waals surface area contributed by atoms with Gasteiger partial charge in [-0.25, -0.2) is 8.42 Å². The van der Waals surface area contributed by atoms with E-state index in [0.29, 0.717) is 0 Å². The first-order chi connectivity index (χ1) is 4.45. The van der Waals surface area contributed by atoms with Crippen molar-refractivity contribution in [2.24, 2.45) is 11.7 Å². The van der Waals surface area contributed by atoms with Crippen LogP contribution in [-0.2, 0) is 9.84 Å². The van der Waals surface area contributed by atoms with Gasteiger partial charge in [-0.2, -0.15) is 0 Å². The Labute approximate surface area is 61.5 Å². The highest BCUT2D eigenvalue weighted by Gasteiger charge is 2.45. The fourth-order valence-corrected chi connectivity index (χ4v) is 3.59. The second kappa shape index (κ2) is 2.20. The molecule has 0 aromatic rings. The zero-order valence-corrected chi connectivity index (χ0v) is 7.06. The quantitative estimate of drug-likeness (QED) is 0.580. The van der Waals surface area contributed by atoms with Gasteiger partial charge in [-0.1, -0.05) is 13.8 Å². The van der Waals surface area contributed by atoms with Gasteiger partial charge in [-0.05, 0) is 5.92 Å². The minimum Gasteiger partial charge on any atom is -0.326 e. The summed E-state index contributed by atoms with van der Waals surface area (Å²) in [4.78, 5) is 0. The first-order valence-electron chi connectivity index (χ1n) is 3.42. The van der Waals surface area contributed by atoms with Crippen LogP contribution in [0.4, 0.5) is 0 Å². The number of sulfone groups is 1. The van der Waals surface area contributed by atoms with Gasteiger partial charge in [0, 0.05) is 6.04 Å². The molecule has 0 aromatic carbocycles. The lowest BCUT2D eigenvalue weighted by molar-refractivity contribution is 0.447. The van der Waals surface area contributed by atoms with Crippen molar-refractivity contribution in [2.45, 2.75) is 25.1 Å². The highest BCUT2D eigenvalue weighted by Crippen LogP contribution is 2.26. The maximum absolute atomic E-state index is 11.0. The summed E-state index contributed by atoms with van der Waals surface area (Å²) in [5, 5.41) is -0.285. The van der Waals surface area contributed by atoms with E-state index >= 15 is 0 Å². The van der Waals surface area contributed by atoms with Gasteiger partial charge in [0.1, 0.15) is 0 Å². The molecule has 1 aliphatic rings. The summed E-state index contributed by atoms with van der Waals surface area (Å²) >= 11 is 0. The standard InChI is InChI=1S/C6H13NO2S/c1-4(2)6-5(7)3-10(6,8)9/h4-6H,3,7H2,1-2H3. The molecule has 4 heteroatoms. The van der Waals surface area contributed by atoms with Crippen molar-refractivity contribution < 1.29 is 8.42 Å². The smallest absolute Gasteiger partial charge is 0.156 e. The van der Waals surface area contributed by atoms with Crippen LogP contribution < -0.4 is 5.73 Å². The fraction of sp³-hybridized carbons (Fsp3) is 1.00. The van der Waals surface area contributed by atoms with E-state index in [1.807, 2.05) is 13.8 Å². The lowest BCUT2D eigenvalue weighted by Crippen LogP contribution is -2.59. The molecule has 1 fully saturated rings. The molecule has 2 N–H and O–H groups in total. The minimum atomic E-state index is -2.80. The van der Waals surface area contributed by atoms with Crippen LogP contribution >= 0.6 is 0 Å². The van der Waals surface area contributed by atoms with Crippen molar-refractivity contribution in [3.63, 3.8) is 0 Å². The summed E-state index contributed by atoms with van der Waals surface area (Å²) in [6.07, 6.45) is 0. The first-order valence-corrected chi connectivity index (χ1v) is 5.14. The van der Waals surface area contributed by atoms with E-state index in [9.17, 15) is 8.42 Å². The molecular formula is C6H13NO2S. The molecule has 0 spiro atoms. The van der Waals surface area contributed by atoms with Gasteiger partial charge in [-0.15, -0.1) is 0 Å². The molecule has 1 rings (SSSR count). The molecule has 3 nitrogen and oxygen atoms in total. The van der Waals surface area contributed by atoms with Crippen LogP contribution in [0.25, 0.3) is 0 Å². The third kappa shape index (κ3) is 1.06. The molecule has 0 bridgehead atoms. The molecule has 0 radical (unpaired) electrons. The average Bonchev–Trinajstić information content (AvgIpc) is 1.58. The fourth-order valence-electron chi connectivity index (χ4n) is 1.53. The van der Waals surface area contributed by atoms with Gasteiger partial charge < -0.3 is 5.73 Å². The maximum atomic E-state index is 11.0. The van der Waals surface area contributed by atoms with Crippen LogP contribution in [0.3, 0.4) is 0 Å². The van der Waals surface area contributed by atoms with Gasteiger partial charge in [0.15, 0.2) is 9.84 Å². The predicted octanol–water partition coefficient (Wildman–Crippen LogP) is -0.233. The molecule has 2 unspecified atom stereocenters. The van der Waals surface area contributed by atoms with Crippen molar-refractivity contribution in [1.82, 2.24) is 0 Å². The zero-order valence-electron chi connectivity index (χ0n) is 6.24. The Kier molecular flexibility index (Phi) is 1.76. The number of rotatable bonds is 1. The molecule has 1 aliphatic heterocycles. The molecular weight excluding hydrogens is 150 g/mol. The van der Waals surface area contributed by atoms with Gasteiger partial charge in [0.2, 0.25) is 0 Å². The Morgan fingerprint density at radius 3 is 2.10 bits per heavy atom. The minimum absolute atomic E-state index is 0.120.